The number of carbonyl (C=O) groups excluding carboxylic acids is 1. The number of nitrogens with zero attached hydrogens (tertiary/aromatic N) is 1. The van der Waals surface area contributed by atoms with Gasteiger partial charge in [0, 0.05) is 5.56 Å². The van der Waals surface area contributed by atoms with Gasteiger partial charge in [0.15, 0.2) is 17.3 Å². The number of aryl methyl sites for hydroxylation is 1. The fourth-order valence-electron chi connectivity index (χ4n) is 2.97. The number of amides is 1. The van der Waals surface area contributed by atoms with E-state index in [2.05, 4.69) is 10.5 Å². The predicted molar refractivity (Wildman–Crippen MR) is 95.1 cm³/mol. The highest BCUT2D eigenvalue weighted by Gasteiger charge is 2.25. The van der Waals surface area contributed by atoms with Crippen molar-refractivity contribution >= 4 is 5.91 Å². The van der Waals surface area contributed by atoms with Gasteiger partial charge in [0.2, 0.25) is 6.79 Å². The zero-order chi connectivity index (χ0) is 18.1. The maximum absolute atomic E-state index is 12.9. The molecule has 0 bridgehead atoms. The second-order valence-corrected chi connectivity index (χ2v) is 6.15. The van der Waals surface area contributed by atoms with E-state index in [0.29, 0.717) is 34.1 Å². The van der Waals surface area contributed by atoms with Crippen molar-refractivity contribution in [3.8, 4) is 22.8 Å². The molecule has 1 aliphatic rings. The molecule has 0 saturated carbocycles. The van der Waals surface area contributed by atoms with Crippen LogP contribution in [0.4, 0.5) is 0 Å². The van der Waals surface area contributed by atoms with E-state index in [1.54, 1.807) is 19.1 Å². The molecule has 1 amide bonds. The number of ether oxygens (including phenoxy) is 2. The molecule has 0 fully saturated rings. The smallest absolute Gasteiger partial charge is 0.257 e. The maximum atomic E-state index is 12.9. The Morgan fingerprint density at radius 3 is 2.69 bits per heavy atom. The standard InChI is InChI=1S/C20H18N2O4/c1-12(14-6-4-3-5-7-14)21-20(23)18-13(2)22-26-19(18)15-8-9-16-17(10-15)25-11-24-16/h3-10,12H,11H2,1-2H3,(H,21,23)/t12-/m1/s1. The van der Waals surface area contributed by atoms with Gasteiger partial charge in [0.05, 0.1) is 11.7 Å². The van der Waals surface area contributed by atoms with E-state index in [0.717, 1.165) is 5.56 Å². The summed E-state index contributed by atoms with van der Waals surface area (Å²) in [5.74, 6) is 1.49. The third-order valence-corrected chi connectivity index (χ3v) is 4.37. The van der Waals surface area contributed by atoms with Crippen molar-refractivity contribution in [2.75, 3.05) is 6.79 Å². The van der Waals surface area contributed by atoms with E-state index < -0.39 is 0 Å². The molecular weight excluding hydrogens is 332 g/mol. The van der Waals surface area contributed by atoms with Crippen LogP contribution in [0.2, 0.25) is 0 Å². The highest BCUT2D eigenvalue weighted by atomic mass is 16.7. The van der Waals surface area contributed by atoms with Gasteiger partial charge >= 0.3 is 0 Å². The summed E-state index contributed by atoms with van der Waals surface area (Å²) in [6, 6.07) is 15.1. The normalized spacial score (nSPS) is 13.5. The summed E-state index contributed by atoms with van der Waals surface area (Å²) < 4.78 is 16.2. The third kappa shape index (κ3) is 2.90. The van der Waals surface area contributed by atoms with Gasteiger partial charge in [-0.2, -0.15) is 0 Å². The Balaban J connectivity index is 1.63. The summed E-state index contributed by atoms with van der Waals surface area (Å²) in [5.41, 5.74) is 2.70. The molecule has 0 saturated heterocycles. The van der Waals surface area contributed by atoms with Crippen molar-refractivity contribution in [3.63, 3.8) is 0 Å². The van der Waals surface area contributed by atoms with E-state index in [1.165, 1.54) is 0 Å². The molecule has 0 spiro atoms. The monoisotopic (exact) mass is 350 g/mol. The first kappa shape index (κ1) is 16.2. The van der Waals surface area contributed by atoms with Crippen molar-refractivity contribution in [2.24, 2.45) is 0 Å². The lowest BCUT2D eigenvalue weighted by Crippen LogP contribution is -2.27. The number of fused-ring (bicyclic) bond motifs is 1. The van der Waals surface area contributed by atoms with Crippen LogP contribution in [-0.4, -0.2) is 17.9 Å². The van der Waals surface area contributed by atoms with Crippen LogP contribution in [0.3, 0.4) is 0 Å². The average Bonchev–Trinajstić information content (AvgIpc) is 3.27. The number of hydrogen-bond donors (Lipinski definition) is 1. The minimum atomic E-state index is -0.229. The van der Waals surface area contributed by atoms with Crippen LogP contribution in [0.5, 0.6) is 11.5 Å². The van der Waals surface area contributed by atoms with Gasteiger partial charge in [-0.15, -0.1) is 0 Å². The van der Waals surface area contributed by atoms with E-state index in [4.69, 9.17) is 14.0 Å². The first-order valence-corrected chi connectivity index (χ1v) is 8.35. The Morgan fingerprint density at radius 1 is 1.12 bits per heavy atom. The summed E-state index contributed by atoms with van der Waals surface area (Å²) in [5, 5.41) is 6.99. The predicted octanol–water partition coefficient (Wildman–Crippen LogP) is 3.87. The number of nitrogens with one attached hydrogen (secondary N) is 1. The van der Waals surface area contributed by atoms with Gasteiger partial charge in [0.1, 0.15) is 5.56 Å². The molecule has 1 aromatic heterocycles. The topological polar surface area (TPSA) is 73.6 Å². The van der Waals surface area contributed by atoms with Crippen molar-refractivity contribution in [3.05, 3.63) is 65.4 Å². The van der Waals surface area contributed by atoms with Crippen LogP contribution in [0.25, 0.3) is 11.3 Å². The van der Waals surface area contributed by atoms with Crippen molar-refractivity contribution in [1.29, 1.82) is 0 Å². The lowest BCUT2D eigenvalue weighted by molar-refractivity contribution is 0.0939. The van der Waals surface area contributed by atoms with Crippen LogP contribution in [0, 0.1) is 6.92 Å². The molecule has 3 aromatic rings. The molecule has 0 aliphatic carbocycles. The summed E-state index contributed by atoms with van der Waals surface area (Å²) in [6.45, 7) is 3.88. The van der Waals surface area contributed by atoms with Crippen LogP contribution in [0.1, 0.15) is 34.6 Å². The van der Waals surface area contributed by atoms with Gasteiger partial charge < -0.3 is 19.3 Å². The summed E-state index contributed by atoms with van der Waals surface area (Å²) in [7, 11) is 0. The minimum Gasteiger partial charge on any atom is -0.454 e. The van der Waals surface area contributed by atoms with Gasteiger partial charge in [-0.25, -0.2) is 0 Å². The zero-order valence-corrected chi connectivity index (χ0v) is 14.5. The first-order valence-electron chi connectivity index (χ1n) is 8.35. The Bertz CT molecular complexity index is 950. The Labute approximate surface area is 150 Å². The summed E-state index contributed by atoms with van der Waals surface area (Å²) in [6.07, 6.45) is 0. The molecule has 2 aromatic carbocycles. The lowest BCUT2D eigenvalue weighted by atomic mass is 10.0. The fraction of sp³-hybridized carbons (Fsp3) is 0.200. The lowest BCUT2D eigenvalue weighted by Gasteiger charge is -2.14. The van der Waals surface area contributed by atoms with Crippen molar-refractivity contribution in [1.82, 2.24) is 10.5 Å². The molecule has 132 valence electrons. The fourth-order valence-corrected chi connectivity index (χ4v) is 2.97. The maximum Gasteiger partial charge on any atom is 0.257 e. The van der Waals surface area contributed by atoms with E-state index in [1.807, 2.05) is 43.3 Å². The van der Waals surface area contributed by atoms with Crippen LogP contribution < -0.4 is 14.8 Å². The largest absolute Gasteiger partial charge is 0.454 e. The molecule has 26 heavy (non-hydrogen) atoms. The molecule has 1 N–H and O–H groups in total. The zero-order valence-electron chi connectivity index (χ0n) is 14.5. The van der Waals surface area contributed by atoms with Crippen molar-refractivity contribution < 1.29 is 18.8 Å². The van der Waals surface area contributed by atoms with Crippen LogP contribution in [-0.2, 0) is 0 Å². The number of aromatic nitrogens is 1. The Kier molecular flexibility index (Phi) is 4.08. The van der Waals surface area contributed by atoms with E-state index in [-0.39, 0.29) is 18.7 Å². The molecule has 1 aliphatic heterocycles. The highest BCUT2D eigenvalue weighted by Crippen LogP contribution is 2.37. The molecular formula is C20H18N2O4. The average molecular weight is 350 g/mol. The van der Waals surface area contributed by atoms with Gasteiger partial charge in [-0.05, 0) is 37.6 Å². The minimum absolute atomic E-state index is 0.136. The molecule has 6 heteroatoms. The Hall–Kier alpha value is -3.28. The molecule has 2 heterocycles. The second-order valence-electron chi connectivity index (χ2n) is 6.15. The van der Waals surface area contributed by atoms with Gasteiger partial charge in [-0.3, -0.25) is 4.79 Å². The molecule has 6 nitrogen and oxygen atoms in total. The number of benzene rings is 2. The SMILES string of the molecule is Cc1noc(-c2ccc3c(c2)OCO3)c1C(=O)N[C@H](C)c1ccccc1. The van der Waals surface area contributed by atoms with E-state index >= 15 is 0 Å². The van der Waals surface area contributed by atoms with Crippen LogP contribution >= 0.6 is 0 Å². The molecule has 1 atom stereocenters. The highest BCUT2D eigenvalue weighted by molar-refractivity contribution is 6.00. The molecule has 0 radical (unpaired) electrons. The van der Waals surface area contributed by atoms with E-state index in [9.17, 15) is 4.79 Å². The second kappa shape index (κ2) is 6.55. The summed E-state index contributed by atoms with van der Waals surface area (Å²) >= 11 is 0. The van der Waals surface area contributed by atoms with Crippen molar-refractivity contribution in [2.45, 2.75) is 19.9 Å². The van der Waals surface area contributed by atoms with Crippen LogP contribution in [0.15, 0.2) is 53.1 Å². The summed E-state index contributed by atoms with van der Waals surface area (Å²) in [4.78, 5) is 12.9. The first-order chi connectivity index (χ1) is 12.6. The molecule has 0 unspecified atom stereocenters. The van der Waals surface area contributed by atoms with Gasteiger partial charge in [-0.1, -0.05) is 35.5 Å². The quantitative estimate of drug-likeness (QED) is 0.773. The number of rotatable bonds is 4. The van der Waals surface area contributed by atoms with Gasteiger partial charge in [0.25, 0.3) is 5.91 Å². The molecule has 4 rings (SSSR count). The Morgan fingerprint density at radius 2 is 1.88 bits per heavy atom. The third-order valence-electron chi connectivity index (χ3n) is 4.37. The number of hydrogen-bond acceptors (Lipinski definition) is 5. The number of carbonyl (C=O) groups is 1.